The number of imidazole rings is 1. The molecule has 2 aromatic heterocycles. The molecule has 0 spiro atoms. The highest BCUT2D eigenvalue weighted by Crippen LogP contribution is 2.26. The molecular formula is C13H15N3O3S. The van der Waals surface area contributed by atoms with Crippen molar-refractivity contribution in [2.24, 2.45) is 7.05 Å². The smallest absolute Gasteiger partial charge is 0.339 e. The van der Waals surface area contributed by atoms with E-state index in [-0.39, 0.29) is 6.61 Å². The zero-order chi connectivity index (χ0) is 14.7. The summed E-state index contributed by atoms with van der Waals surface area (Å²) in [5, 5.41) is 10.6. The average Bonchev–Trinajstić information content (AvgIpc) is 2.79. The second kappa shape index (κ2) is 6.06. The zero-order valence-electron chi connectivity index (χ0n) is 11.5. The van der Waals surface area contributed by atoms with E-state index in [4.69, 9.17) is 5.11 Å². The van der Waals surface area contributed by atoms with E-state index in [9.17, 15) is 4.79 Å². The number of esters is 1. The van der Waals surface area contributed by atoms with E-state index in [0.29, 0.717) is 11.3 Å². The predicted octanol–water partition coefficient (Wildman–Crippen LogP) is 1.55. The van der Waals surface area contributed by atoms with Gasteiger partial charge in [0, 0.05) is 7.05 Å². The van der Waals surface area contributed by atoms with Crippen molar-refractivity contribution in [3.63, 3.8) is 0 Å². The molecule has 2 aromatic rings. The van der Waals surface area contributed by atoms with E-state index in [2.05, 4.69) is 14.7 Å². The molecule has 1 N–H and O–H groups in total. The highest BCUT2D eigenvalue weighted by atomic mass is 32.2. The van der Waals surface area contributed by atoms with Crippen LogP contribution in [0.5, 0.6) is 0 Å². The minimum atomic E-state index is -0.397. The molecule has 0 atom stereocenters. The molecule has 0 fully saturated rings. The maximum atomic E-state index is 11.5. The van der Waals surface area contributed by atoms with E-state index >= 15 is 0 Å². The summed E-state index contributed by atoms with van der Waals surface area (Å²) in [6.07, 6.45) is 1.62. The molecule has 0 saturated heterocycles. The standard InChI is InChI=1S/C13H15N3O3S/c1-8-10(12(18)19-3)4-5-11(15-8)20-13-14-6-9(7-17)16(13)2/h4-6,17H,7H2,1-3H3. The number of rotatable bonds is 4. The van der Waals surface area contributed by atoms with Gasteiger partial charge in [-0.2, -0.15) is 0 Å². The molecular weight excluding hydrogens is 278 g/mol. The van der Waals surface area contributed by atoms with E-state index in [1.165, 1.54) is 18.9 Å². The minimum Gasteiger partial charge on any atom is -0.465 e. The van der Waals surface area contributed by atoms with Crippen molar-refractivity contribution in [2.75, 3.05) is 7.11 Å². The molecule has 0 aliphatic heterocycles. The van der Waals surface area contributed by atoms with Gasteiger partial charge in [-0.15, -0.1) is 0 Å². The summed E-state index contributed by atoms with van der Waals surface area (Å²) in [5.74, 6) is -0.397. The van der Waals surface area contributed by atoms with Crippen molar-refractivity contribution in [3.8, 4) is 0 Å². The lowest BCUT2D eigenvalue weighted by atomic mass is 10.2. The molecule has 2 rings (SSSR count). The van der Waals surface area contributed by atoms with Crippen molar-refractivity contribution in [1.82, 2.24) is 14.5 Å². The molecule has 6 nitrogen and oxygen atoms in total. The number of aliphatic hydroxyl groups is 1. The highest BCUT2D eigenvalue weighted by Gasteiger charge is 2.13. The molecule has 0 amide bonds. The van der Waals surface area contributed by atoms with Gasteiger partial charge in [-0.05, 0) is 30.8 Å². The predicted molar refractivity (Wildman–Crippen MR) is 73.6 cm³/mol. The molecule has 20 heavy (non-hydrogen) atoms. The van der Waals surface area contributed by atoms with Gasteiger partial charge in [0.15, 0.2) is 5.16 Å². The Hall–Kier alpha value is -1.86. The summed E-state index contributed by atoms with van der Waals surface area (Å²) < 4.78 is 6.48. The maximum Gasteiger partial charge on any atom is 0.339 e. The van der Waals surface area contributed by atoms with E-state index in [0.717, 1.165) is 15.9 Å². The molecule has 0 unspecified atom stereocenters. The largest absolute Gasteiger partial charge is 0.465 e. The first-order valence-electron chi connectivity index (χ1n) is 5.92. The van der Waals surface area contributed by atoms with Gasteiger partial charge in [0.25, 0.3) is 0 Å². The minimum absolute atomic E-state index is 0.0577. The topological polar surface area (TPSA) is 77.2 Å². The van der Waals surface area contributed by atoms with Gasteiger partial charge in [0.2, 0.25) is 0 Å². The summed E-state index contributed by atoms with van der Waals surface area (Å²) in [4.78, 5) is 20.1. The second-order valence-corrected chi connectivity index (χ2v) is 5.11. The van der Waals surface area contributed by atoms with Crippen LogP contribution < -0.4 is 0 Å². The van der Waals surface area contributed by atoms with Crippen molar-refractivity contribution in [2.45, 2.75) is 23.7 Å². The molecule has 0 aromatic carbocycles. The summed E-state index contributed by atoms with van der Waals surface area (Å²) in [5.41, 5.74) is 1.79. The number of aryl methyl sites for hydroxylation is 1. The summed E-state index contributed by atoms with van der Waals surface area (Å²) in [6.45, 7) is 1.70. The fourth-order valence-corrected chi connectivity index (χ4v) is 2.55. The normalized spacial score (nSPS) is 10.6. The number of methoxy groups -OCH3 is 1. The lowest BCUT2D eigenvalue weighted by Gasteiger charge is -2.06. The molecule has 0 bridgehead atoms. The van der Waals surface area contributed by atoms with Crippen LogP contribution in [0.4, 0.5) is 0 Å². The van der Waals surface area contributed by atoms with E-state index < -0.39 is 5.97 Å². The lowest BCUT2D eigenvalue weighted by Crippen LogP contribution is -2.05. The van der Waals surface area contributed by atoms with E-state index in [1.54, 1.807) is 29.8 Å². The Labute approximate surface area is 120 Å². The highest BCUT2D eigenvalue weighted by molar-refractivity contribution is 7.99. The molecule has 106 valence electrons. The third kappa shape index (κ3) is 2.83. The van der Waals surface area contributed by atoms with E-state index in [1.807, 2.05) is 7.05 Å². The van der Waals surface area contributed by atoms with Gasteiger partial charge < -0.3 is 14.4 Å². The van der Waals surface area contributed by atoms with Gasteiger partial charge in [-0.3, -0.25) is 0 Å². The van der Waals surface area contributed by atoms with Crippen LogP contribution >= 0.6 is 11.8 Å². The van der Waals surface area contributed by atoms with Crippen LogP contribution in [-0.2, 0) is 18.4 Å². The van der Waals surface area contributed by atoms with Gasteiger partial charge in [-0.25, -0.2) is 14.8 Å². The molecule has 2 heterocycles. The van der Waals surface area contributed by atoms with Gasteiger partial charge in [-0.1, -0.05) is 0 Å². The average molecular weight is 293 g/mol. The van der Waals surface area contributed by atoms with Gasteiger partial charge in [0.1, 0.15) is 5.03 Å². The quantitative estimate of drug-likeness (QED) is 0.862. The number of carbonyl (C=O) groups is 1. The summed E-state index contributed by atoms with van der Waals surface area (Å²) in [6, 6.07) is 3.43. The van der Waals surface area contributed by atoms with Crippen LogP contribution in [0.2, 0.25) is 0 Å². The maximum absolute atomic E-state index is 11.5. The van der Waals surface area contributed by atoms with Crippen molar-refractivity contribution < 1.29 is 14.6 Å². The zero-order valence-corrected chi connectivity index (χ0v) is 12.3. The lowest BCUT2D eigenvalue weighted by molar-refractivity contribution is 0.0599. The Kier molecular flexibility index (Phi) is 4.41. The number of ether oxygens (including phenoxy) is 1. The Morgan fingerprint density at radius 3 is 2.80 bits per heavy atom. The molecule has 0 radical (unpaired) electrons. The Bertz CT molecular complexity index is 640. The van der Waals surface area contributed by atoms with Crippen LogP contribution in [0.3, 0.4) is 0 Å². The number of hydrogen-bond acceptors (Lipinski definition) is 6. The molecule has 0 aliphatic rings. The molecule has 7 heteroatoms. The molecule has 0 saturated carbocycles. The van der Waals surface area contributed by atoms with Crippen molar-refractivity contribution in [1.29, 1.82) is 0 Å². The Balaban J connectivity index is 2.24. The van der Waals surface area contributed by atoms with Crippen LogP contribution in [0.25, 0.3) is 0 Å². The number of pyridine rings is 1. The number of hydrogen-bond donors (Lipinski definition) is 1. The Morgan fingerprint density at radius 2 is 2.25 bits per heavy atom. The number of aromatic nitrogens is 3. The number of aliphatic hydroxyl groups excluding tert-OH is 1. The van der Waals surface area contributed by atoms with Crippen LogP contribution in [0, 0.1) is 6.92 Å². The van der Waals surface area contributed by atoms with Crippen LogP contribution in [-0.4, -0.2) is 32.7 Å². The Morgan fingerprint density at radius 1 is 1.50 bits per heavy atom. The summed E-state index contributed by atoms with van der Waals surface area (Å²) in [7, 11) is 3.17. The first kappa shape index (κ1) is 14.5. The first-order valence-corrected chi connectivity index (χ1v) is 6.73. The third-order valence-corrected chi connectivity index (χ3v) is 3.86. The van der Waals surface area contributed by atoms with Gasteiger partial charge >= 0.3 is 5.97 Å². The van der Waals surface area contributed by atoms with Crippen LogP contribution in [0.15, 0.2) is 28.5 Å². The number of nitrogens with zero attached hydrogens (tertiary/aromatic N) is 3. The fraction of sp³-hybridized carbons (Fsp3) is 0.308. The number of carbonyl (C=O) groups excluding carboxylic acids is 1. The SMILES string of the molecule is COC(=O)c1ccc(Sc2ncc(CO)n2C)nc1C. The second-order valence-electron chi connectivity index (χ2n) is 4.13. The summed E-state index contributed by atoms with van der Waals surface area (Å²) >= 11 is 1.37. The monoisotopic (exact) mass is 293 g/mol. The van der Waals surface area contributed by atoms with Gasteiger partial charge in [0.05, 0.1) is 36.9 Å². The first-order chi connectivity index (χ1) is 9.56. The fourth-order valence-electron chi connectivity index (χ4n) is 1.68. The van der Waals surface area contributed by atoms with Crippen LogP contribution in [0.1, 0.15) is 21.7 Å². The van der Waals surface area contributed by atoms with Crippen molar-refractivity contribution >= 4 is 17.7 Å². The van der Waals surface area contributed by atoms with Crippen molar-refractivity contribution in [3.05, 3.63) is 35.3 Å². The third-order valence-electron chi connectivity index (χ3n) is 2.87. The molecule has 0 aliphatic carbocycles.